The minimum Gasteiger partial charge on any atom is -0.390 e. The van der Waals surface area contributed by atoms with Gasteiger partial charge in [0.05, 0.1) is 5.60 Å². The molecule has 0 bridgehead atoms. The maximum Gasteiger partial charge on any atom is 0.0678 e. The minimum absolute atomic E-state index is 0.317. The monoisotopic (exact) mass is 391 g/mol. The van der Waals surface area contributed by atoms with Crippen LogP contribution in [0.1, 0.15) is 83.6 Å². The lowest BCUT2D eigenvalue weighted by Crippen LogP contribution is -2.56. The molecule has 1 unspecified atom stereocenters. The van der Waals surface area contributed by atoms with Gasteiger partial charge in [-0.1, -0.05) is 26.0 Å². The average molecular weight is 392 g/mol. The van der Waals surface area contributed by atoms with Crippen molar-refractivity contribution in [3.8, 4) is 0 Å². The topological polar surface area (TPSA) is 33.1 Å². The van der Waals surface area contributed by atoms with Crippen LogP contribution < -0.4 is 0 Å². The summed E-state index contributed by atoms with van der Waals surface area (Å²) >= 11 is 0. The molecule has 2 nitrogen and oxygen atoms in total. The molecule has 29 heavy (non-hydrogen) atoms. The molecule has 5 aliphatic carbocycles. The van der Waals surface area contributed by atoms with E-state index in [-0.39, 0.29) is 5.60 Å². The smallest absolute Gasteiger partial charge is 0.0678 e. The molecule has 1 N–H and O–H groups in total. The van der Waals surface area contributed by atoms with Gasteiger partial charge in [-0.05, 0) is 122 Å². The van der Waals surface area contributed by atoms with Gasteiger partial charge in [-0.25, -0.2) is 0 Å². The first kappa shape index (κ1) is 18.6. The molecule has 0 saturated heterocycles. The highest BCUT2D eigenvalue weighted by molar-refractivity contribution is 5.72. The van der Waals surface area contributed by atoms with Gasteiger partial charge in [-0.15, -0.1) is 0 Å². The second kappa shape index (κ2) is 6.19. The summed E-state index contributed by atoms with van der Waals surface area (Å²) in [5.74, 6) is 3.91. The van der Waals surface area contributed by atoms with Crippen molar-refractivity contribution in [2.24, 2.45) is 40.4 Å². The standard InChI is InChI=1S/C27H37NO/c1-25-13-14-27(29,19-5-6-19)16-20(25)7-8-21-23-10-9-22(18-4-3-15-28-17-18)26(23,2)12-11-24(21)25/h3-4,9,15,17,19-21,23-24,29H,5-8,10-14,16H2,1-2H3/t20?,21-,23-,24-,25-,26+,27-/m0/s1. The molecule has 1 heterocycles. The van der Waals surface area contributed by atoms with Crippen LogP contribution >= 0.6 is 0 Å². The first-order chi connectivity index (χ1) is 13.9. The van der Waals surface area contributed by atoms with E-state index in [1.807, 2.05) is 6.20 Å². The quantitative estimate of drug-likeness (QED) is 0.645. The van der Waals surface area contributed by atoms with Crippen LogP contribution in [0.3, 0.4) is 0 Å². The number of aliphatic hydroxyl groups is 1. The summed E-state index contributed by atoms with van der Waals surface area (Å²) in [6.45, 7) is 5.18. The largest absolute Gasteiger partial charge is 0.390 e. The molecule has 5 aliphatic rings. The number of aromatic nitrogens is 1. The number of fused-ring (bicyclic) bond motifs is 5. The van der Waals surface area contributed by atoms with Crippen molar-refractivity contribution >= 4 is 5.57 Å². The second-order valence-electron chi connectivity index (χ2n) is 11.8. The summed E-state index contributed by atoms with van der Waals surface area (Å²) in [6, 6.07) is 4.35. The molecule has 7 atom stereocenters. The van der Waals surface area contributed by atoms with Gasteiger partial charge in [0.1, 0.15) is 0 Å². The van der Waals surface area contributed by atoms with Crippen molar-refractivity contribution in [1.29, 1.82) is 0 Å². The summed E-state index contributed by atoms with van der Waals surface area (Å²) in [7, 11) is 0. The van der Waals surface area contributed by atoms with Crippen LogP contribution in [0.2, 0.25) is 0 Å². The molecule has 4 saturated carbocycles. The summed E-state index contributed by atoms with van der Waals surface area (Å²) in [5, 5.41) is 11.3. The predicted octanol–water partition coefficient (Wildman–Crippen LogP) is 6.26. The number of allylic oxidation sites excluding steroid dienone is 2. The fraction of sp³-hybridized carbons (Fsp3) is 0.741. The number of pyridine rings is 1. The van der Waals surface area contributed by atoms with E-state index in [1.165, 1.54) is 56.9 Å². The maximum absolute atomic E-state index is 11.3. The molecule has 1 aromatic heterocycles. The van der Waals surface area contributed by atoms with Crippen LogP contribution in [0.15, 0.2) is 30.6 Å². The Morgan fingerprint density at radius 3 is 2.55 bits per heavy atom. The zero-order chi connectivity index (χ0) is 19.9. The van der Waals surface area contributed by atoms with E-state index in [9.17, 15) is 5.11 Å². The molecule has 6 rings (SSSR count). The molecule has 0 spiro atoms. The van der Waals surface area contributed by atoms with Crippen molar-refractivity contribution in [1.82, 2.24) is 4.98 Å². The van der Waals surface area contributed by atoms with Crippen LogP contribution in [0, 0.1) is 40.4 Å². The fourth-order valence-corrected chi connectivity index (χ4v) is 8.80. The molecule has 1 aromatic rings. The number of nitrogens with zero attached hydrogens (tertiary/aromatic N) is 1. The van der Waals surface area contributed by atoms with Gasteiger partial charge in [-0.2, -0.15) is 0 Å². The Bertz CT molecular complexity index is 828. The van der Waals surface area contributed by atoms with Gasteiger partial charge in [0, 0.05) is 12.4 Å². The lowest BCUT2D eigenvalue weighted by Gasteiger charge is -2.62. The second-order valence-corrected chi connectivity index (χ2v) is 11.8. The first-order valence-electron chi connectivity index (χ1n) is 12.3. The van der Waals surface area contributed by atoms with Gasteiger partial charge in [0.15, 0.2) is 0 Å². The maximum atomic E-state index is 11.3. The molecule has 2 heteroatoms. The van der Waals surface area contributed by atoms with Gasteiger partial charge in [-0.3, -0.25) is 4.98 Å². The molecular formula is C27H37NO. The highest BCUT2D eigenvalue weighted by Crippen LogP contribution is 2.68. The molecule has 156 valence electrons. The molecule has 0 aromatic carbocycles. The molecule has 0 aliphatic heterocycles. The van der Waals surface area contributed by atoms with Gasteiger partial charge in [0.25, 0.3) is 0 Å². The van der Waals surface area contributed by atoms with E-state index in [0.717, 1.165) is 36.5 Å². The Labute approximate surface area is 176 Å². The van der Waals surface area contributed by atoms with E-state index in [2.05, 4.69) is 43.2 Å². The zero-order valence-electron chi connectivity index (χ0n) is 18.2. The van der Waals surface area contributed by atoms with Crippen LogP contribution in [-0.4, -0.2) is 15.7 Å². The van der Waals surface area contributed by atoms with Crippen molar-refractivity contribution in [3.05, 3.63) is 36.2 Å². The SMILES string of the molecule is C[C@]12CC[C@@](O)(C3CC3)CC1CC[C@@H]1[C@@H]2CC[C@]2(C)C(c3cccnc3)=CC[C@@H]12. The third-order valence-electron chi connectivity index (χ3n) is 10.7. The highest BCUT2D eigenvalue weighted by Gasteiger charge is 2.61. The highest BCUT2D eigenvalue weighted by atomic mass is 16.3. The third kappa shape index (κ3) is 2.60. The summed E-state index contributed by atoms with van der Waals surface area (Å²) in [5.41, 5.74) is 3.40. The number of hydrogen-bond acceptors (Lipinski definition) is 2. The van der Waals surface area contributed by atoms with Crippen LogP contribution in [0.25, 0.3) is 5.57 Å². The first-order valence-corrected chi connectivity index (χ1v) is 12.3. The summed E-state index contributed by atoms with van der Waals surface area (Å²) in [6.07, 6.45) is 19.2. The fourth-order valence-electron chi connectivity index (χ4n) is 8.80. The van der Waals surface area contributed by atoms with E-state index < -0.39 is 0 Å². The van der Waals surface area contributed by atoms with E-state index in [1.54, 1.807) is 5.57 Å². The van der Waals surface area contributed by atoms with Gasteiger partial charge >= 0.3 is 0 Å². The molecule has 0 amide bonds. The van der Waals surface area contributed by atoms with E-state index in [0.29, 0.717) is 16.7 Å². The Kier molecular flexibility index (Phi) is 3.97. The molecule has 4 fully saturated rings. The van der Waals surface area contributed by atoms with Crippen molar-refractivity contribution in [3.63, 3.8) is 0 Å². The van der Waals surface area contributed by atoms with Gasteiger partial charge < -0.3 is 5.11 Å². The lowest BCUT2D eigenvalue weighted by atomic mass is 9.43. The Morgan fingerprint density at radius 2 is 1.79 bits per heavy atom. The predicted molar refractivity (Wildman–Crippen MR) is 117 cm³/mol. The third-order valence-corrected chi connectivity index (χ3v) is 10.7. The van der Waals surface area contributed by atoms with Crippen LogP contribution in [0.4, 0.5) is 0 Å². The lowest BCUT2D eigenvalue weighted by molar-refractivity contribution is -0.149. The minimum atomic E-state index is -0.317. The van der Waals surface area contributed by atoms with Crippen molar-refractivity contribution in [2.45, 2.75) is 83.7 Å². The van der Waals surface area contributed by atoms with Crippen molar-refractivity contribution in [2.75, 3.05) is 0 Å². The zero-order valence-corrected chi connectivity index (χ0v) is 18.2. The van der Waals surface area contributed by atoms with E-state index >= 15 is 0 Å². The number of rotatable bonds is 2. The van der Waals surface area contributed by atoms with Crippen molar-refractivity contribution < 1.29 is 5.11 Å². The van der Waals surface area contributed by atoms with Crippen LogP contribution in [-0.2, 0) is 0 Å². The normalized spacial score (nSPS) is 49.0. The van der Waals surface area contributed by atoms with Gasteiger partial charge in [0.2, 0.25) is 0 Å². The Balaban J connectivity index is 1.27. The summed E-state index contributed by atoms with van der Waals surface area (Å²) < 4.78 is 0. The Morgan fingerprint density at radius 1 is 0.966 bits per heavy atom. The van der Waals surface area contributed by atoms with E-state index in [4.69, 9.17) is 0 Å². The summed E-state index contributed by atoms with van der Waals surface area (Å²) in [4.78, 5) is 4.41. The average Bonchev–Trinajstić information content (AvgIpc) is 3.52. The molecule has 0 radical (unpaired) electrons. The van der Waals surface area contributed by atoms with Crippen LogP contribution in [0.5, 0.6) is 0 Å². The molecular weight excluding hydrogens is 354 g/mol. The Hall–Kier alpha value is -1.15. The number of hydrogen-bond donors (Lipinski definition) is 1.